The monoisotopic (exact) mass is 260 g/mol. The first-order chi connectivity index (χ1) is 8.30. The Bertz CT molecular complexity index is 274. The molecule has 0 aliphatic rings. The SMILES string of the molecule is CCOC(=O)CN(CCOC)C(=O)NC(C)(C)C. The van der Waals surface area contributed by atoms with Gasteiger partial charge in [0.25, 0.3) is 0 Å². The third kappa shape index (κ3) is 7.89. The molecular formula is C12H24N2O4. The Morgan fingerprint density at radius 3 is 2.33 bits per heavy atom. The van der Waals surface area contributed by atoms with E-state index >= 15 is 0 Å². The lowest BCUT2D eigenvalue weighted by Crippen LogP contribution is -2.50. The molecule has 2 amide bonds. The molecule has 18 heavy (non-hydrogen) atoms. The Morgan fingerprint density at radius 2 is 1.89 bits per heavy atom. The molecule has 0 saturated heterocycles. The maximum absolute atomic E-state index is 12.0. The van der Waals surface area contributed by atoms with Gasteiger partial charge in [0.1, 0.15) is 6.54 Å². The molecule has 0 aromatic heterocycles. The molecule has 0 aliphatic carbocycles. The smallest absolute Gasteiger partial charge is 0.325 e. The average molecular weight is 260 g/mol. The van der Waals surface area contributed by atoms with Crippen molar-refractivity contribution in [2.75, 3.05) is 33.4 Å². The van der Waals surface area contributed by atoms with Crippen LogP contribution in [-0.2, 0) is 14.3 Å². The molecule has 0 radical (unpaired) electrons. The Balaban J connectivity index is 4.46. The summed E-state index contributed by atoms with van der Waals surface area (Å²) < 4.78 is 9.75. The van der Waals surface area contributed by atoms with Crippen molar-refractivity contribution in [3.63, 3.8) is 0 Å². The van der Waals surface area contributed by atoms with Crippen LogP contribution in [0.1, 0.15) is 27.7 Å². The zero-order chi connectivity index (χ0) is 14.2. The van der Waals surface area contributed by atoms with Gasteiger partial charge in [0, 0.05) is 19.2 Å². The van der Waals surface area contributed by atoms with Gasteiger partial charge in [0.2, 0.25) is 0 Å². The lowest BCUT2D eigenvalue weighted by Gasteiger charge is -2.27. The van der Waals surface area contributed by atoms with Crippen LogP contribution in [0.5, 0.6) is 0 Å². The lowest BCUT2D eigenvalue weighted by molar-refractivity contribution is -0.143. The zero-order valence-corrected chi connectivity index (χ0v) is 11.9. The van der Waals surface area contributed by atoms with Gasteiger partial charge in [-0.3, -0.25) is 4.79 Å². The predicted octanol–water partition coefficient (Wildman–Crippen LogP) is 1.01. The minimum atomic E-state index is -0.419. The maximum atomic E-state index is 12.0. The Labute approximate surface area is 109 Å². The molecule has 0 rings (SSSR count). The topological polar surface area (TPSA) is 67.9 Å². The summed E-state index contributed by atoms with van der Waals surface area (Å²) in [5, 5.41) is 2.80. The van der Waals surface area contributed by atoms with Crippen LogP contribution in [0, 0.1) is 0 Å². The fraction of sp³-hybridized carbons (Fsp3) is 0.833. The molecule has 0 saturated carbocycles. The fourth-order valence-corrected chi connectivity index (χ4v) is 1.22. The van der Waals surface area contributed by atoms with Gasteiger partial charge in [-0.1, -0.05) is 0 Å². The van der Waals surface area contributed by atoms with E-state index in [0.29, 0.717) is 19.8 Å². The first-order valence-corrected chi connectivity index (χ1v) is 6.01. The number of carbonyl (C=O) groups excluding carboxylic acids is 2. The first kappa shape index (κ1) is 16.7. The van der Waals surface area contributed by atoms with Gasteiger partial charge in [-0.25, -0.2) is 4.79 Å². The highest BCUT2D eigenvalue weighted by atomic mass is 16.5. The molecule has 0 aliphatic heterocycles. The number of ether oxygens (including phenoxy) is 2. The van der Waals surface area contributed by atoms with E-state index in [4.69, 9.17) is 9.47 Å². The van der Waals surface area contributed by atoms with E-state index in [1.807, 2.05) is 20.8 Å². The molecule has 0 unspecified atom stereocenters. The van der Waals surface area contributed by atoms with Gasteiger partial charge in [-0.2, -0.15) is 0 Å². The number of hydrogen-bond acceptors (Lipinski definition) is 4. The minimum absolute atomic E-state index is 0.0703. The minimum Gasteiger partial charge on any atom is -0.465 e. The van der Waals surface area contributed by atoms with Crippen LogP contribution >= 0.6 is 0 Å². The molecule has 6 heteroatoms. The normalized spacial score (nSPS) is 10.9. The highest BCUT2D eigenvalue weighted by Crippen LogP contribution is 2.01. The number of nitrogens with zero attached hydrogens (tertiary/aromatic N) is 1. The molecule has 0 atom stereocenters. The van der Waals surface area contributed by atoms with Gasteiger partial charge < -0.3 is 19.7 Å². The van der Waals surface area contributed by atoms with E-state index in [0.717, 1.165) is 0 Å². The fourth-order valence-electron chi connectivity index (χ4n) is 1.22. The van der Waals surface area contributed by atoms with Crippen molar-refractivity contribution in [2.45, 2.75) is 33.2 Å². The third-order valence-electron chi connectivity index (χ3n) is 1.96. The van der Waals surface area contributed by atoms with E-state index in [1.165, 1.54) is 4.90 Å². The first-order valence-electron chi connectivity index (χ1n) is 6.01. The molecule has 6 nitrogen and oxygen atoms in total. The van der Waals surface area contributed by atoms with Gasteiger partial charge >= 0.3 is 12.0 Å². The van der Waals surface area contributed by atoms with Gasteiger partial charge in [0.15, 0.2) is 0 Å². The van der Waals surface area contributed by atoms with Crippen LogP contribution in [0.4, 0.5) is 4.79 Å². The van der Waals surface area contributed by atoms with Crippen molar-refractivity contribution in [3.05, 3.63) is 0 Å². The van der Waals surface area contributed by atoms with E-state index in [9.17, 15) is 9.59 Å². The van der Waals surface area contributed by atoms with Gasteiger partial charge in [-0.05, 0) is 27.7 Å². The van der Waals surface area contributed by atoms with Crippen molar-refractivity contribution < 1.29 is 19.1 Å². The Morgan fingerprint density at radius 1 is 1.28 bits per heavy atom. The number of carbonyl (C=O) groups is 2. The highest BCUT2D eigenvalue weighted by Gasteiger charge is 2.21. The molecule has 0 bridgehead atoms. The van der Waals surface area contributed by atoms with Crippen LogP contribution in [0.3, 0.4) is 0 Å². The number of amides is 2. The summed E-state index contributed by atoms with van der Waals surface area (Å²) in [5.41, 5.74) is -0.350. The summed E-state index contributed by atoms with van der Waals surface area (Å²) in [5.74, 6) is -0.419. The molecule has 0 spiro atoms. The summed E-state index contributed by atoms with van der Waals surface area (Å²) in [4.78, 5) is 24.7. The number of hydrogen-bond donors (Lipinski definition) is 1. The molecule has 0 aromatic rings. The molecule has 106 valence electrons. The molecular weight excluding hydrogens is 236 g/mol. The number of rotatable bonds is 6. The van der Waals surface area contributed by atoms with E-state index in [1.54, 1.807) is 14.0 Å². The quantitative estimate of drug-likeness (QED) is 0.724. The van der Waals surface area contributed by atoms with Crippen molar-refractivity contribution in [3.8, 4) is 0 Å². The average Bonchev–Trinajstić information content (AvgIpc) is 2.21. The Hall–Kier alpha value is -1.30. The number of urea groups is 1. The summed E-state index contributed by atoms with van der Waals surface area (Å²) in [6.07, 6.45) is 0. The van der Waals surface area contributed by atoms with Crippen molar-refractivity contribution >= 4 is 12.0 Å². The number of methoxy groups -OCH3 is 1. The Kier molecular flexibility index (Phi) is 7.35. The molecule has 0 fully saturated rings. The van der Waals surface area contributed by atoms with Crippen molar-refractivity contribution in [1.82, 2.24) is 10.2 Å². The maximum Gasteiger partial charge on any atom is 0.325 e. The van der Waals surface area contributed by atoms with Gasteiger partial charge in [-0.15, -0.1) is 0 Å². The van der Waals surface area contributed by atoms with Crippen LogP contribution < -0.4 is 5.32 Å². The zero-order valence-electron chi connectivity index (χ0n) is 11.9. The van der Waals surface area contributed by atoms with Crippen LogP contribution in [-0.4, -0.2) is 55.9 Å². The van der Waals surface area contributed by atoms with Crippen molar-refractivity contribution in [1.29, 1.82) is 0 Å². The molecule has 0 heterocycles. The van der Waals surface area contributed by atoms with E-state index < -0.39 is 5.97 Å². The second-order valence-electron chi connectivity index (χ2n) is 4.90. The largest absolute Gasteiger partial charge is 0.465 e. The number of esters is 1. The van der Waals surface area contributed by atoms with Crippen LogP contribution in [0.25, 0.3) is 0 Å². The standard InChI is InChI=1S/C12H24N2O4/c1-6-18-10(15)9-14(7-8-17-5)11(16)13-12(2,3)4/h6-9H2,1-5H3,(H,13,16). The van der Waals surface area contributed by atoms with Gasteiger partial charge in [0.05, 0.1) is 13.2 Å². The third-order valence-corrected chi connectivity index (χ3v) is 1.96. The summed E-state index contributed by atoms with van der Waals surface area (Å²) in [6, 6.07) is -0.299. The molecule has 0 aromatic carbocycles. The second kappa shape index (κ2) is 7.92. The van der Waals surface area contributed by atoms with Crippen LogP contribution in [0.15, 0.2) is 0 Å². The summed E-state index contributed by atoms with van der Waals surface area (Å²) in [6.45, 7) is 8.31. The van der Waals surface area contributed by atoms with Crippen molar-refractivity contribution in [2.24, 2.45) is 0 Å². The lowest BCUT2D eigenvalue weighted by atomic mass is 10.1. The number of nitrogens with one attached hydrogen (secondary N) is 1. The highest BCUT2D eigenvalue weighted by molar-refractivity contribution is 5.81. The van der Waals surface area contributed by atoms with E-state index in [-0.39, 0.29) is 18.1 Å². The predicted molar refractivity (Wildman–Crippen MR) is 68.4 cm³/mol. The molecule has 1 N–H and O–H groups in total. The van der Waals surface area contributed by atoms with E-state index in [2.05, 4.69) is 5.32 Å². The second-order valence-corrected chi connectivity index (χ2v) is 4.90. The summed E-state index contributed by atoms with van der Waals surface area (Å²) >= 11 is 0. The van der Waals surface area contributed by atoms with Crippen LogP contribution in [0.2, 0.25) is 0 Å². The summed E-state index contributed by atoms with van der Waals surface area (Å²) in [7, 11) is 1.55.